The molecule has 6 heteroatoms. The minimum atomic E-state index is -0.864. The van der Waals surface area contributed by atoms with Gasteiger partial charge in [-0.05, 0) is 26.8 Å². The summed E-state index contributed by atoms with van der Waals surface area (Å²) in [5, 5.41) is 18.1. The van der Waals surface area contributed by atoms with Crippen LogP contribution in [-0.2, 0) is 24.8 Å². The Hall–Kier alpha value is -2.89. The number of hydrogen-bond donors (Lipinski definition) is 2. The molecule has 0 aliphatic rings. The number of aryl methyl sites for hydroxylation is 3. The highest BCUT2D eigenvalue weighted by molar-refractivity contribution is 5.94. The summed E-state index contributed by atoms with van der Waals surface area (Å²) < 4.78 is 1.86. The van der Waals surface area contributed by atoms with Gasteiger partial charge in [0.25, 0.3) is 0 Å². The first kappa shape index (κ1) is 17.0. The summed E-state index contributed by atoms with van der Waals surface area (Å²) in [4.78, 5) is 15.9. The Balaban J connectivity index is 2.07. The highest BCUT2D eigenvalue weighted by Crippen LogP contribution is 2.30. The standard InChI is InChI=1S/C19H22N4O2/c1-11-15(9-18(24)25)19(14-7-5-6-8-17(14)21-11)20-10-16-12(2)22-23(4)13(16)3/h5-8H,9-10H2,1-4H3,(H,20,21)(H,24,25). The van der Waals surface area contributed by atoms with E-state index in [-0.39, 0.29) is 6.42 Å². The zero-order valence-corrected chi connectivity index (χ0v) is 14.9. The summed E-state index contributed by atoms with van der Waals surface area (Å²) in [6, 6.07) is 7.79. The van der Waals surface area contributed by atoms with Crippen LogP contribution in [0.4, 0.5) is 5.69 Å². The Morgan fingerprint density at radius 2 is 1.88 bits per heavy atom. The topological polar surface area (TPSA) is 80.0 Å². The quantitative estimate of drug-likeness (QED) is 0.747. The van der Waals surface area contributed by atoms with E-state index in [1.807, 2.05) is 56.8 Å². The molecule has 130 valence electrons. The maximum Gasteiger partial charge on any atom is 0.307 e. The average molecular weight is 338 g/mol. The first-order valence-corrected chi connectivity index (χ1v) is 8.21. The lowest BCUT2D eigenvalue weighted by Gasteiger charge is -2.16. The molecular formula is C19H22N4O2. The van der Waals surface area contributed by atoms with E-state index in [1.54, 1.807) is 0 Å². The van der Waals surface area contributed by atoms with E-state index in [2.05, 4.69) is 15.4 Å². The number of carboxylic acids is 1. The Morgan fingerprint density at radius 3 is 2.52 bits per heavy atom. The molecule has 0 radical (unpaired) electrons. The van der Waals surface area contributed by atoms with E-state index in [1.165, 1.54) is 0 Å². The van der Waals surface area contributed by atoms with Crippen molar-refractivity contribution in [2.24, 2.45) is 7.05 Å². The van der Waals surface area contributed by atoms with Crippen LogP contribution in [0.3, 0.4) is 0 Å². The number of para-hydroxylation sites is 1. The van der Waals surface area contributed by atoms with Crippen molar-refractivity contribution in [1.29, 1.82) is 0 Å². The SMILES string of the molecule is Cc1nc2ccccc2c(NCc2c(C)nn(C)c2C)c1CC(=O)O. The summed E-state index contributed by atoms with van der Waals surface area (Å²) in [7, 11) is 1.92. The number of nitrogens with zero attached hydrogens (tertiary/aromatic N) is 3. The molecule has 3 aromatic rings. The maximum absolute atomic E-state index is 11.3. The van der Waals surface area contributed by atoms with Gasteiger partial charge in [0.2, 0.25) is 0 Å². The number of carboxylic acid groups (broad SMARTS) is 1. The molecule has 0 atom stereocenters. The lowest BCUT2D eigenvalue weighted by atomic mass is 10.0. The molecule has 6 nitrogen and oxygen atoms in total. The van der Waals surface area contributed by atoms with Crippen molar-refractivity contribution in [3.63, 3.8) is 0 Å². The molecule has 0 aliphatic carbocycles. The van der Waals surface area contributed by atoms with E-state index in [0.29, 0.717) is 6.54 Å². The molecule has 3 rings (SSSR count). The Bertz CT molecular complexity index is 960. The highest BCUT2D eigenvalue weighted by atomic mass is 16.4. The second-order valence-corrected chi connectivity index (χ2v) is 6.26. The number of aliphatic carboxylic acids is 1. The molecule has 0 amide bonds. The van der Waals surface area contributed by atoms with Gasteiger partial charge in [-0.2, -0.15) is 5.10 Å². The summed E-state index contributed by atoms with van der Waals surface area (Å²) in [6.07, 6.45) is -0.0585. The van der Waals surface area contributed by atoms with Crippen LogP contribution in [-0.4, -0.2) is 25.8 Å². The fourth-order valence-corrected chi connectivity index (χ4v) is 3.19. The Morgan fingerprint density at radius 1 is 1.16 bits per heavy atom. The third-order valence-electron chi connectivity index (χ3n) is 4.63. The van der Waals surface area contributed by atoms with Gasteiger partial charge >= 0.3 is 5.97 Å². The molecule has 0 fully saturated rings. The number of anilines is 1. The number of rotatable bonds is 5. The van der Waals surface area contributed by atoms with E-state index < -0.39 is 5.97 Å². The number of aromatic nitrogens is 3. The summed E-state index contributed by atoms with van der Waals surface area (Å²) in [6.45, 7) is 6.46. The normalized spacial score (nSPS) is 11.0. The molecule has 0 saturated carbocycles. The van der Waals surface area contributed by atoms with E-state index in [9.17, 15) is 9.90 Å². The molecule has 0 saturated heterocycles. The van der Waals surface area contributed by atoms with Gasteiger partial charge in [-0.25, -0.2) is 0 Å². The van der Waals surface area contributed by atoms with Crippen LogP contribution in [0.2, 0.25) is 0 Å². The summed E-state index contributed by atoms with van der Waals surface area (Å²) >= 11 is 0. The van der Waals surface area contributed by atoms with Crippen LogP contribution in [0.1, 0.15) is 28.2 Å². The lowest BCUT2D eigenvalue weighted by Crippen LogP contribution is -2.11. The van der Waals surface area contributed by atoms with Gasteiger partial charge in [0.1, 0.15) is 0 Å². The van der Waals surface area contributed by atoms with Crippen LogP contribution in [0.25, 0.3) is 10.9 Å². The van der Waals surface area contributed by atoms with Gasteiger partial charge in [0, 0.05) is 47.2 Å². The van der Waals surface area contributed by atoms with Gasteiger partial charge in [0.05, 0.1) is 17.6 Å². The van der Waals surface area contributed by atoms with Gasteiger partial charge in [-0.1, -0.05) is 18.2 Å². The van der Waals surface area contributed by atoms with Crippen molar-refractivity contribution in [3.8, 4) is 0 Å². The minimum Gasteiger partial charge on any atom is -0.481 e. The van der Waals surface area contributed by atoms with Crippen LogP contribution in [0.5, 0.6) is 0 Å². The number of carbonyl (C=O) groups is 1. The van der Waals surface area contributed by atoms with Gasteiger partial charge < -0.3 is 10.4 Å². The molecule has 0 spiro atoms. The van der Waals surface area contributed by atoms with Crippen LogP contribution in [0.15, 0.2) is 24.3 Å². The molecule has 0 bridgehead atoms. The summed E-state index contributed by atoms with van der Waals surface area (Å²) in [5.41, 5.74) is 6.36. The van der Waals surface area contributed by atoms with Crippen molar-refractivity contribution in [3.05, 3.63) is 52.5 Å². The average Bonchev–Trinajstić information content (AvgIpc) is 2.80. The van der Waals surface area contributed by atoms with Crippen LogP contribution >= 0.6 is 0 Å². The molecule has 2 heterocycles. The first-order chi connectivity index (χ1) is 11.9. The monoisotopic (exact) mass is 338 g/mol. The molecule has 2 N–H and O–H groups in total. The largest absolute Gasteiger partial charge is 0.481 e. The van der Waals surface area contributed by atoms with Gasteiger partial charge in [0.15, 0.2) is 0 Å². The predicted molar refractivity (Wildman–Crippen MR) is 97.8 cm³/mol. The van der Waals surface area contributed by atoms with E-state index in [0.717, 1.165) is 44.8 Å². The van der Waals surface area contributed by atoms with Crippen molar-refractivity contribution in [2.45, 2.75) is 33.7 Å². The third kappa shape index (κ3) is 3.20. The van der Waals surface area contributed by atoms with Gasteiger partial charge in [-0.3, -0.25) is 14.5 Å². The molecule has 2 aromatic heterocycles. The zero-order chi connectivity index (χ0) is 18.1. The van der Waals surface area contributed by atoms with E-state index >= 15 is 0 Å². The molecular weight excluding hydrogens is 316 g/mol. The fraction of sp³-hybridized carbons (Fsp3) is 0.316. The number of benzene rings is 1. The third-order valence-corrected chi connectivity index (χ3v) is 4.63. The maximum atomic E-state index is 11.3. The zero-order valence-electron chi connectivity index (χ0n) is 14.9. The first-order valence-electron chi connectivity index (χ1n) is 8.21. The summed E-state index contributed by atoms with van der Waals surface area (Å²) in [5.74, 6) is -0.864. The molecule has 25 heavy (non-hydrogen) atoms. The van der Waals surface area contributed by atoms with Crippen molar-refractivity contribution >= 4 is 22.6 Å². The smallest absolute Gasteiger partial charge is 0.307 e. The lowest BCUT2D eigenvalue weighted by molar-refractivity contribution is -0.136. The number of hydrogen-bond acceptors (Lipinski definition) is 4. The van der Waals surface area contributed by atoms with Crippen molar-refractivity contribution in [2.75, 3.05) is 5.32 Å². The molecule has 0 aliphatic heterocycles. The van der Waals surface area contributed by atoms with Gasteiger partial charge in [-0.15, -0.1) is 0 Å². The highest BCUT2D eigenvalue weighted by Gasteiger charge is 2.16. The van der Waals surface area contributed by atoms with Crippen LogP contribution in [0, 0.1) is 20.8 Å². The number of fused-ring (bicyclic) bond motifs is 1. The number of nitrogens with one attached hydrogen (secondary N) is 1. The molecule has 1 aromatic carbocycles. The minimum absolute atomic E-state index is 0.0585. The fourth-order valence-electron chi connectivity index (χ4n) is 3.19. The Labute approximate surface area is 146 Å². The Kier molecular flexibility index (Phi) is 4.44. The number of pyridine rings is 1. The van der Waals surface area contributed by atoms with Crippen LogP contribution < -0.4 is 5.32 Å². The second-order valence-electron chi connectivity index (χ2n) is 6.26. The molecule has 0 unspecified atom stereocenters. The van der Waals surface area contributed by atoms with Crippen molar-refractivity contribution in [1.82, 2.24) is 14.8 Å². The predicted octanol–water partition coefficient (Wildman–Crippen LogP) is 3.13. The second kappa shape index (κ2) is 6.55. The van der Waals surface area contributed by atoms with Crippen molar-refractivity contribution < 1.29 is 9.90 Å². The van der Waals surface area contributed by atoms with E-state index in [4.69, 9.17) is 0 Å².